The fourth-order valence-corrected chi connectivity index (χ4v) is 1.45. The third-order valence-corrected chi connectivity index (χ3v) is 2.37. The molecule has 3 nitrogen and oxygen atoms in total. The lowest BCUT2D eigenvalue weighted by Gasteiger charge is -2.12. The average molecular weight is 202 g/mol. The molecule has 0 aliphatic heterocycles. The summed E-state index contributed by atoms with van der Waals surface area (Å²) in [6, 6.07) is 12.5. The number of benzene rings is 1. The zero-order valence-corrected chi connectivity index (χ0v) is 8.68. The molecule has 0 amide bonds. The van der Waals surface area contributed by atoms with Crippen LogP contribution in [0.5, 0.6) is 0 Å². The van der Waals surface area contributed by atoms with Gasteiger partial charge in [-0.05, 0) is 12.5 Å². The first kappa shape index (κ1) is 9.93. The zero-order valence-electron chi connectivity index (χ0n) is 8.68. The van der Waals surface area contributed by atoms with Crippen molar-refractivity contribution in [1.82, 2.24) is 10.5 Å². The van der Waals surface area contributed by atoms with Gasteiger partial charge in [0.25, 0.3) is 0 Å². The van der Waals surface area contributed by atoms with E-state index < -0.39 is 0 Å². The van der Waals surface area contributed by atoms with Gasteiger partial charge in [-0.15, -0.1) is 0 Å². The van der Waals surface area contributed by atoms with Crippen molar-refractivity contribution in [3.8, 4) is 0 Å². The van der Waals surface area contributed by atoms with E-state index in [0.717, 1.165) is 5.76 Å². The highest BCUT2D eigenvalue weighted by atomic mass is 16.5. The molecule has 78 valence electrons. The monoisotopic (exact) mass is 202 g/mol. The van der Waals surface area contributed by atoms with Crippen LogP contribution in [0.4, 0.5) is 0 Å². The third-order valence-electron chi connectivity index (χ3n) is 2.37. The Hall–Kier alpha value is -1.61. The second kappa shape index (κ2) is 4.75. The van der Waals surface area contributed by atoms with Crippen molar-refractivity contribution in [1.29, 1.82) is 0 Å². The zero-order chi connectivity index (χ0) is 10.5. The molecule has 0 spiro atoms. The van der Waals surface area contributed by atoms with Gasteiger partial charge in [0.15, 0.2) is 0 Å². The summed E-state index contributed by atoms with van der Waals surface area (Å²) in [5.41, 5.74) is 1.28. The lowest BCUT2D eigenvalue weighted by molar-refractivity contribution is 0.366. The lowest BCUT2D eigenvalue weighted by Crippen LogP contribution is -2.17. The van der Waals surface area contributed by atoms with Crippen LogP contribution in [-0.4, -0.2) is 5.16 Å². The molecular formula is C12H14N2O. The molecule has 1 unspecified atom stereocenters. The van der Waals surface area contributed by atoms with E-state index >= 15 is 0 Å². The van der Waals surface area contributed by atoms with Crippen molar-refractivity contribution < 1.29 is 4.52 Å². The fraction of sp³-hybridized carbons (Fsp3) is 0.250. The van der Waals surface area contributed by atoms with E-state index in [-0.39, 0.29) is 0 Å². The van der Waals surface area contributed by atoms with Gasteiger partial charge in [-0.3, -0.25) is 0 Å². The Kier molecular flexibility index (Phi) is 3.15. The van der Waals surface area contributed by atoms with Gasteiger partial charge < -0.3 is 9.84 Å². The standard InChI is InChI=1S/C12H14N2O/c1-10(11-5-3-2-4-6-11)13-9-12-7-8-14-15-12/h2-8,10,13H,9H2,1H3. The second-order valence-electron chi connectivity index (χ2n) is 3.49. The highest BCUT2D eigenvalue weighted by Gasteiger charge is 2.04. The van der Waals surface area contributed by atoms with Crippen LogP contribution >= 0.6 is 0 Å². The third kappa shape index (κ3) is 2.67. The summed E-state index contributed by atoms with van der Waals surface area (Å²) in [5, 5.41) is 7.03. The Bertz CT molecular complexity index is 383. The van der Waals surface area contributed by atoms with Crippen molar-refractivity contribution in [3.63, 3.8) is 0 Å². The summed E-state index contributed by atoms with van der Waals surface area (Å²) in [6.07, 6.45) is 1.66. The van der Waals surface area contributed by atoms with Gasteiger partial charge in [0.1, 0.15) is 5.76 Å². The quantitative estimate of drug-likeness (QED) is 0.827. The lowest BCUT2D eigenvalue weighted by atomic mass is 10.1. The van der Waals surface area contributed by atoms with E-state index in [2.05, 4.69) is 29.5 Å². The van der Waals surface area contributed by atoms with Crippen molar-refractivity contribution in [2.75, 3.05) is 0 Å². The summed E-state index contributed by atoms with van der Waals surface area (Å²) >= 11 is 0. The van der Waals surface area contributed by atoms with Crippen molar-refractivity contribution >= 4 is 0 Å². The molecule has 0 aliphatic carbocycles. The molecule has 0 aliphatic rings. The van der Waals surface area contributed by atoms with Crippen LogP contribution in [0, 0.1) is 0 Å². The average Bonchev–Trinajstić information content (AvgIpc) is 2.80. The molecule has 1 heterocycles. The maximum absolute atomic E-state index is 5.01. The number of rotatable bonds is 4. The predicted octanol–water partition coefficient (Wildman–Crippen LogP) is 2.53. The highest BCUT2D eigenvalue weighted by molar-refractivity contribution is 5.18. The summed E-state index contributed by atoms with van der Waals surface area (Å²) in [6.45, 7) is 2.84. The van der Waals surface area contributed by atoms with Crippen molar-refractivity contribution in [2.24, 2.45) is 0 Å². The summed E-state index contributed by atoms with van der Waals surface area (Å²) in [4.78, 5) is 0. The Morgan fingerprint density at radius 1 is 1.27 bits per heavy atom. The van der Waals surface area contributed by atoms with Gasteiger partial charge in [-0.1, -0.05) is 35.5 Å². The molecule has 1 N–H and O–H groups in total. The van der Waals surface area contributed by atoms with E-state index in [1.807, 2.05) is 24.3 Å². The summed E-state index contributed by atoms with van der Waals surface area (Å²) in [7, 11) is 0. The van der Waals surface area contributed by atoms with Gasteiger partial charge in [0.2, 0.25) is 0 Å². The topological polar surface area (TPSA) is 38.1 Å². The van der Waals surface area contributed by atoms with E-state index in [9.17, 15) is 0 Å². The van der Waals surface area contributed by atoms with Gasteiger partial charge >= 0.3 is 0 Å². The number of aromatic nitrogens is 1. The van der Waals surface area contributed by atoms with Crippen LogP contribution in [0.2, 0.25) is 0 Å². The molecule has 0 bridgehead atoms. The van der Waals surface area contributed by atoms with E-state index in [1.165, 1.54) is 5.56 Å². The minimum atomic E-state index is 0.316. The molecule has 2 rings (SSSR count). The molecule has 3 heteroatoms. The first-order chi connectivity index (χ1) is 7.36. The molecular weight excluding hydrogens is 188 g/mol. The predicted molar refractivity (Wildman–Crippen MR) is 58.2 cm³/mol. The normalized spacial score (nSPS) is 12.6. The van der Waals surface area contributed by atoms with Crippen LogP contribution in [-0.2, 0) is 6.54 Å². The Balaban J connectivity index is 1.90. The Morgan fingerprint density at radius 2 is 2.07 bits per heavy atom. The van der Waals surface area contributed by atoms with Crippen LogP contribution in [0.15, 0.2) is 47.1 Å². The minimum absolute atomic E-state index is 0.316. The van der Waals surface area contributed by atoms with Crippen LogP contribution in [0.25, 0.3) is 0 Å². The first-order valence-corrected chi connectivity index (χ1v) is 5.04. The van der Waals surface area contributed by atoms with Gasteiger partial charge in [0, 0.05) is 12.1 Å². The number of hydrogen-bond donors (Lipinski definition) is 1. The van der Waals surface area contributed by atoms with E-state index in [4.69, 9.17) is 4.52 Å². The van der Waals surface area contributed by atoms with Crippen molar-refractivity contribution in [2.45, 2.75) is 19.5 Å². The summed E-state index contributed by atoms with van der Waals surface area (Å²) in [5.74, 6) is 0.859. The molecule has 0 fully saturated rings. The van der Waals surface area contributed by atoms with Gasteiger partial charge in [-0.25, -0.2) is 0 Å². The maximum Gasteiger partial charge on any atom is 0.150 e. The van der Waals surface area contributed by atoms with Crippen LogP contribution in [0.3, 0.4) is 0 Å². The Morgan fingerprint density at radius 3 is 2.73 bits per heavy atom. The highest BCUT2D eigenvalue weighted by Crippen LogP contribution is 2.11. The van der Waals surface area contributed by atoms with Gasteiger partial charge in [0.05, 0.1) is 12.7 Å². The Labute approximate surface area is 89.1 Å². The molecule has 0 saturated carbocycles. The van der Waals surface area contributed by atoms with E-state index in [0.29, 0.717) is 12.6 Å². The largest absolute Gasteiger partial charge is 0.360 e. The smallest absolute Gasteiger partial charge is 0.150 e. The summed E-state index contributed by atoms with van der Waals surface area (Å²) < 4.78 is 5.01. The number of hydrogen-bond acceptors (Lipinski definition) is 3. The first-order valence-electron chi connectivity index (χ1n) is 5.04. The molecule has 2 aromatic rings. The van der Waals surface area contributed by atoms with Gasteiger partial charge in [-0.2, -0.15) is 0 Å². The molecule has 1 atom stereocenters. The van der Waals surface area contributed by atoms with E-state index in [1.54, 1.807) is 6.20 Å². The molecule has 1 aromatic carbocycles. The fourth-order valence-electron chi connectivity index (χ4n) is 1.45. The van der Waals surface area contributed by atoms with Crippen LogP contribution in [0.1, 0.15) is 24.3 Å². The SMILES string of the molecule is CC(NCc1ccno1)c1ccccc1. The minimum Gasteiger partial charge on any atom is -0.360 e. The molecule has 1 aromatic heterocycles. The maximum atomic E-state index is 5.01. The van der Waals surface area contributed by atoms with Crippen LogP contribution < -0.4 is 5.32 Å². The number of nitrogens with zero attached hydrogens (tertiary/aromatic N) is 1. The molecule has 0 radical (unpaired) electrons. The molecule has 15 heavy (non-hydrogen) atoms. The number of nitrogens with one attached hydrogen (secondary N) is 1. The van der Waals surface area contributed by atoms with Crippen molar-refractivity contribution in [3.05, 3.63) is 53.9 Å². The molecule has 0 saturated heterocycles. The second-order valence-corrected chi connectivity index (χ2v) is 3.49.